The van der Waals surface area contributed by atoms with E-state index in [1.54, 1.807) is 7.11 Å². The Morgan fingerprint density at radius 1 is 1.10 bits per heavy atom. The number of nitrogens with zero attached hydrogens (tertiary/aromatic N) is 3. The molecule has 1 aliphatic heterocycles. The van der Waals surface area contributed by atoms with Gasteiger partial charge in [-0.05, 0) is 61.3 Å². The molecule has 3 rings (SSSR count). The van der Waals surface area contributed by atoms with Crippen molar-refractivity contribution in [1.82, 2.24) is 15.5 Å². The monoisotopic (exact) mass is 537 g/mol. The van der Waals surface area contributed by atoms with E-state index in [1.165, 1.54) is 29.7 Å². The summed E-state index contributed by atoms with van der Waals surface area (Å²) in [5.41, 5.74) is 3.71. The first-order valence-electron chi connectivity index (χ1n) is 10.7. The summed E-state index contributed by atoms with van der Waals surface area (Å²) < 4.78 is 5.45. The van der Waals surface area contributed by atoms with E-state index in [4.69, 9.17) is 4.74 Å². The van der Waals surface area contributed by atoms with Crippen LogP contribution in [0.25, 0.3) is 0 Å². The molecule has 1 fully saturated rings. The number of ether oxygens (including phenoxy) is 1. The molecule has 0 bridgehead atoms. The maximum absolute atomic E-state index is 5.45. The molecular weight excluding hydrogens is 501 g/mol. The summed E-state index contributed by atoms with van der Waals surface area (Å²) in [5.74, 6) is 1.72. The highest BCUT2D eigenvalue weighted by atomic mass is 127. The Labute approximate surface area is 204 Å². The number of hydrogen-bond acceptors (Lipinski definition) is 4. The van der Waals surface area contributed by atoms with E-state index in [0.29, 0.717) is 6.04 Å². The van der Waals surface area contributed by atoms with Gasteiger partial charge in [0.1, 0.15) is 5.75 Å². The van der Waals surface area contributed by atoms with Crippen LogP contribution in [0.4, 0.5) is 5.69 Å². The van der Waals surface area contributed by atoms with Gasteiger partial charge < -0.3 is 20.3 Å². The van der Waals surface area contributed by atoms with Gasteiger partial charge in [0.25, 0.3) is 0 Å². The van der Waals surface area contributed by atoms with Gasteiger partial charge in [0, 0.05) is 39.9 Å². The van der Waals surface area contributed by atoms with Crippen LogP contribution in [0.2, 0.25) is 0 Å². The molecule has 0 saturated carbocycles. The summed E-state index contributed by atoms with van der Waals surface area (Å²) in [5, 5.41) is 6.97. The van der Waals surface area contributed by atoms with Crippen molar-refractivity contribution < 1.29 is 4.74 Å². The Kier molecular flexibility index (Phi) is 10.4. The third-order valence-electron chi connectivity index (χ3n) is 5.66. The Morgan fingerprint density at radius 3 is 2.42 bits per heavy atom. The van der Waals surface area contributed by atoms with Crippen molar-refractivity contribution in [1.29, 1.82) is 0 Å². The van der Waals surface area contributed by atoms with Gasteiger partial charge in [0.15, 0.2) is 5.96 Å². The Balaban J connectivity index is 0.00000341. The van der Waals surface area contributed by atoms with Gasteiger partial charge in [0.2, 0.25) is 0 Å². The second kappa shape index (κ2) is 12.8. The minimum absolute atomic E-state index is 0. The Hall–Kier alpha value is -2.00. The number of halogens is 1. The summed E-state index contributed by atoms with van der Waals surface area (Å²) in [6.45, 7) is 3.80. The van der Waals surface area contributed by atoms with Crippen molar-refractivity contribution in [2.45, 2.75) is 25.4 Å². The molecule has 0 spiro atoms. The number of nitrogens with one attached hydrogen (secondary N) is 2. The summed E-state index contributed by atoms with van der Waals surface area (Å²) in [7, 11) is 7.65. The standard InChI is InChI=1S/C24H35N5O.HI/c1-25-24(26-17-19-10-12-21(13-11-19)28(2)3)27-18-23(29-14-5-6-15-29)20-8-7-9-22(16-20)30-4;/h7-13,16,23H,5-6,14-15,17-18H2,1-4H3,(H2,25,26,27);1H. The first-order valence-corrected chi connectivity index (χ1v) is 10.7. The van der Waals surface area contributed by atoms with E-state index in [-0.39, 0.29) is 24.0 Å². The van der Waals surface area contributed by atoms with E-state index in [2.05, 4.69) is 82.0 Å². The molecule has 0 aromatic heterocycles. The van der Waals surface area contributed by atoms with E-state index in [1.807, 2.05) is 13.1 Å². The van der Waals surface area contributed by atoms with Crippen molar-refractivity contribution >= 4 is 35.6 Å². The molecule has 1 aliphatic rings. The van der Waals surface area contributed by atoms with E-state index in [9.17, 15) is 0 Å². The summed E-state index contributed by atoms with van der Waals surface area (Å²) >= 11 is 0. The SMILES string of the molecule is CN=C(NCc1ccc(N(C)C)cc1)NCC(c1cccc(OC)c1)N1CCCC1.I. The number of methoxy groups -OCH3 is 1. The molecule has 0 radical (unpaired) electrons. The number of aliphatic imine (C=N–C) groups is 1. The molecule has 1 atom stereocenters. The minimum atomic E-state index is 0. The average molecular weight is 537 g/mol. The first-order chi connectivity index (χ1) is 14.6. The molecule has 0 amide bonds. The topological polar surface area (TPSA) is 52.1 Å². The highest BCUT2D eigenvalue weighted by Gasteiger charge is 2.24. The van der Waals surface area contributed by atoms with Crippen LogP contribution in [0.3, 0.4) is 0 Å². The quantitative estimate of drug-likeness (QED) is 0.304. The lowest BCUT2D eigenvalue weighted by Crippen LogP contribution is -2.42. The maximum atomic E-state index is 5.45. The average Bonchev–Trinajstić information content (AvgIpc) is 3.31. The number of guanidine groups is 1. The summed E-state index contributed by atoms with van der Waals surface area (Å²) in [6, 6.07) is 17.3. The molecule has 6 nitrogen and oxygen atoms in total. The number of hydrogen-bond donors (Lipinski definition) is 2. The Bertz CT molecular complexity index is 819. The van der Waals surface area contributed by atoms with Crippen LogP contribution in [0.15, 0.2) is 53.5 Å². The van der Waals surface area contributed by atoms with Gasteiger partial charge in [-0.3, -0.25) is 9.89 Å². The largest absolute Gasteiger partial charge is 0.497 e. The fraction of sp³-hybridized carbons (Fsp3) is 0.458. The van der Waals surface area contributed by atoms with Crippen molar-refractivity contribution in [3.05, 3.63) is 59.7 Å². The van der Waals surface area contributed by atoms with Gasteiger partial charge in [-0.15, -0.1) is 24.0 Å². The van der Waals surface area contributed by atoms with Gasteiger partial charge in [0.05, 0.1) is 13.2 Å². The number of anilines is 1. The molecule has 170 valence electrons. The predicted octanol–water partition coefficient (Wildman–Crippen LogP) is 3.88. The van der Waals surface area contributed by atoms with E-state index in [0.717, 1.165) is 37.9 Å². The van der Waals surface area contributed by atoms with Crippen LogP contribution in [0, 0.1) is 0 Å². The highest BCUT2D eigenvalue weighted by molar-refractivity contribution is 14.0. The zero-order valence-electron chi connectivity index (χ0n) is 19.1. The second-order valence-corrected chi connectivity index (χ2v) is 7.90. The second-order valence-electron chi connectivity index (χ2n) is 7.90. The van der Waals surface area contributed by atoms with Crippen molar-refractivity contribution in [2.24, 2.45) is 4.99 Å². The Morgan fingerprint density at radius 2 is 1.81 bits per heavy atom. The minimum Gasteiger partial charge on any atom is -0.497 e. The number of likely N-dealkylation sites (tertiary alicyclic amines) is 1. The summed E-state index contributed by atoms with van der Waals surface area (Å²) in [6.07, 6.45) is 2.52. The first kappa shape index (κ1) is 25.3. The molecule has 7 heteroatoms. The number of benzene rings is 2. The smallest absolute Gasteiger partial charge is 0.191 e. The lowest BCUT2D eigenvalue weighted by molar-refractivity contribution is 0.245. The fourth-order valence-electron chi connectivity index (χ4n) is 3.87. The molecule has 1 unspecified atom stereocenters. The van der Waals surface area contributed by atoms with Gasteiger partial charge in [-0.25, -0.2) is 0 Å². The van der Waals surface area contributed by atoms with Crippen LogP contribution >= 0.6 is 24.0 Å². The third-order valence-corrected chi connectivity index (χ3v) is 5.66. The van der Waals surface area contributed by atoms with Crippen LogP contribution in [-0.4, -0.2) is 58.7 Å². The number of rotatable bonds is 8. The highest BCUT2D eigenvalue weighted by Crippen LogP contribution is 2.27. The predicted molar refractivity (Wildman–Crippen MR) is 141 cm³/mol. The van der Waals surface area contributed by atoms with E-state index >= 15 is 0 Å². The third kappa shape index (κ3) is 7.28. The molecule has 31 heavy (non-hydrogen) atoms. The van der Waals surface area contributed by atoms with Gasteiger partial charge in [-0.2, -0.15) is 0 Å². The van der Waals surface area contributed by atoms with Crippen LogP contribution in [0.5, 0.6) is 5.75 Å². The van der Waals surface area contributed by atoms with Crippen molar-refractivity contribution in [3.8, 4) is 5.75 Å². The lowest BCUT2D eigenvalue weighted by Gasteiger charge is -2.29. The normalized spacial score (nSPS) is 15.2. The molecule has 1 heterocycles. The zero-order valence-corrected chi connectivity index (χ0v) is 21.4. The van der Waals surface area contributed by atoms with Crippen molar-refractivity contribution in [3.63, 3.8) is 0 Å². The van der Waals surface area contributed by atoms with Gasteiger partial charge in [-0.1, -0.05) is 24.3 Å². The fourth-order valence-corrected chi connectivity index (χ4v) is 3.87. The zero-order chi connectivity index (χ0) is 21.3. The lowest BCUT2D eigenvalue weighted by atomic mass is 10.1. The molecule has 1 saturated heterocycles. The molecule has 2 aromatic carbocycles. The van der Waals surface area contributed by atoms with E-state index < -0.39 is 0 Å². The van der Waals surface area contributed by atoms with Crippen LogP contribution in [-0.2, 0) is 6.54 Å². The van der Waals surface area contributed by atoms with Crippen LogP contribution in [0.1, 0.15) is 30.0 Å². The van der Waals surface area contributed by atoms with Crippen LogP contribution < -0.4 is 20.3 Å². The van der Waals surface area contributed by atoms with Crippen molar-refractivity contribution in [2.75, 3.05) is 52.8 Å². The summed E-state index contributed by atoms with van der Waals surface area (Å²) in [4.78, 5) is 9.07. The molecule has 2 N–H and O–H groups in total. The molecule has 2 aromatic rings. The molecule has 0 aliphatic carbocycles. The van der Waals surface area contributed by atoms with Gasteiger partial charge >= 0.3 is 0 Å². The maximum Gasteiger partial charge on any atom is 0.191 e. The molecular formula is C24H36IN5O.